The molecular formula is C38H59N6NaO10S7. The van der Waals surface area contributed by atoms with Crippen LogP contribution in [0, 0.1) is 0 Å². The third-order valence-electron chi connectivity index (χ3n) is 8.68. The first-order valence-electron chi connectivity index (χ1n) is 18.5. The summed E-state index contributed by atoms with van der Waals surface area (Å²) in [4.78, 5) is 46.4. The summed E-state index contributed by atoms with van der Waals surface area (Å²) in [5.74, 6) is -1.09. The minimum Gasteiger partial charge on any atom is -1.00 e. The van der Waals surface area contributed by atoms with Crippen LogP contribution in [0.25, 0.3) is 0 Å². The van der Waals surface area contributed by atoms with Gasteiger partial charge < -0.3 is 26.2 Å². The van der Waals surface area contributed by atoms with Gasteiger partial charge in [-0.05, 0) is 69.3 Å². The molecule has 3 amide bonds. The normalized spacial score (nSPS) is 16.9. The number of nitrogens with one attached hydrogen (secondary N) is 1. The topological polar surface area (TPSA) is 197 Å². The number of amides is 3. The smallest absolute Gasteiger partial charge is 1.00 e. The number of methoxy groups -OCH3 is 1. The molecule has 2 fully saturated rings. The molecule has 3 N–H and O–H groups in total. The Kier molecular flexibility index (Phi) is 27.2. The van der Waals surface area contributed by atoms with Gasteiger partial charge in [-0.2, -0.15) is 16.8 Å². The van der Waals surface area contributed by atoms with Crippen LogP contribution in [0.2, 0.25) is 0 Å². The zero-order chi connectivity index (χ0) is 44.1. The molecule has 1 aromatic carbocycles. The Morgan fingerprint density at radius 2 is 1.40 bits per heavy atom. The Morgan fingerprint density at radius 3 is 1.89 bits per heavy atom. The maximum absolute atomic E-state index is 12.9. The van der Waals surface area contributed by atoms with Crippen LogP contribution in [-0.4, -0.2) is 136 Å². The van der Waals surface area contributed by atoms with Crippen LogP contribution in [0.3, 0.4) is 0 Å². The molecule has 0 atom stereocenters. The third-order valence-corrected chi connectivity index (χ3v) is 14.3. The zero-order valence-corrected chi connectivity index (χ0v) is 42.3. The quantitative estimate of drug-likeness (QED) is 0.0759. The van der Waals surface area contributed by atoms with Gasteiger partial charge in [0.25, 0.3) is 32.1 Å². The van der Waals surface area contributed by atoms with E-state index in [4.69, 9.17) is 33.7 Å². The largest absolute Gasteiger partial charge is 1.00 e. The third kappa shape index (κ3) is 18.1. The molecule has 0 radical (unpaired) electrons. The second-order valence-corrected chi connectivity index (χ2v) is 20.0. The van der Waals surface area contributed by atoms with Crippen molar-refractivity contribution in [1.82, 2.24) is 24.9 Å². The fraction of sp³-hybridized carbons (Fsp3) is 0.500. The van der Waals surface area contributed by atoms with E-state index in [1.54, 1.807) is 23.1 Å². The molecular weight excluding hydrogens is 948 g/mol. The van der Waals surface area contributed by atoms with E-state index in [2.05, 4.69) is 31.0 Å². The molecule has 0 bridgehead atoms. The summed E-state index contributed by atoms with van der Waals surface area (Å²) < 4.78 is 68.7. The maximum Gasteiger partial charge on any atom is 1.00 e. The summed E-state index contributed by atoms with van der Waals surface area (Å²) in [7, 11) is -6.78. The summed E-state index contributed by atoms with van der Waals surface area (Å²) in [6, 6.07) is 5.11. The number of allylic oxidation sites excluding steroid dienone is 3. The number of anilines is 1. The van der Waals surface area contributed by atoms with E-state index in [9.17, 15) is 35.8 Å². The molecule has 0 aliphatic carbocycles. The molecule has 344 valence electrons. The van der Waals surface area contributed by atoms with E-state index in [1.807, 2.05) is 36.4 Å². The van der Waals surface area contributed by atoms with Gasteiger partial charge in [-0.3, -0.25) is 33.3 Å². The van der Waals surface area contributed by atoms with Crippen LogP contribution in [0.15, 0.2) is 68.1 Å². The maximum atomic E-state index is 12.9. The van der Waals surface area contributed by atoms with E-state index >= 15 is 0 Å². The van der Waals surface area contributed by atoms with Crippen molar-refractivity contribution >= 4 is 112 Å². The van der Waals surface area contributed by atoms with E-state index in [0.717, 1.165) is 17.3 Å². The number of thioether (sulfide) groups is 3. The zero-order valence-electron chi connectivity index (χ0n) is 35.6. The Morgan fingerprint density at radius 1 is 0.839 bits per heavy atom. The van der Waals surface area contributed by atoms with Crippen LogP contribution in [0.1, 0.15) is 63.7 Å². The van der Waals surface area contributed by atoms with Crippen molar-refractivity contribution in [3.8, 4) is 5.75 Å². The van der Waals surface area contributed by atoms with Gasteiger partial charge in [-0.25, -0.2) is 0 Å². The van der Waals surface area contributed by atoms with Crippen molar-refractivity contribution in [2.45, 2.75) is 67.2 Å². The summed E-state index contributed by atoms with van der Waals surface area (Å²) in [6.45, 7) is 15.0. The number of ether oxygens (including phenoxy) is 1. The molecule has 4 aliphatic heterocycles. The average molecular weight is 1010 g/mol. The van der Waals surface area contributed by atoms with E-state index in [1.165, 1.54) is 67.0 Å². The number of hydrogen-bond acceptors (Lipinski definition) is 16. The monoisotopic (exact) mass is 1010 g/mol. The van der Waals surface area contributed by atoms with Crippen molar-refractivity contribution in [3.05, 3.63) is 63.2 Å². The fourth-order valence-corrected chi connectivity index (χ4v) is 10.8. The number of hydrogen-bond donors (Lipinski definition) is 3. The van der Waals surface area contributed by atoms with Crippen LogP contribution < -0.4 is 44.5 Å². The van der Waals surface area contributed by atoms with Crippen molar-refractivity contribution in [3.63, 3.8) is 0 Å². The number of benzene rings is 1. The SMILES string of the molecule is C.C.CCN(CC)CC.CCN1C(=O)C(=C2C=CN(CCCCS(=O)(=O)O)C=C2)SC1=S.COc1ccc2c(c1)N(CS(=O)(=O)O)/C(=C1/SC(=S)N(CCNC(C)=O)C1=O)S2.[H-].[Na+]. The number of rotatable bonds is 15. The predicted molar refractivity (Wildman–Crippen MR) is 259 cm³/mol. The van der Waals surface area contributed by atoms with Crippen LogP contribution in [0.4, 0.5) is 5.69 Å². The molecule has 62 heavy (non-hydrogen) atoms. The van der Waals surface area contributed by atoms with Crippen molar-refractivity contribution in [2.24, 2.45) is 0 Å². The first-order valence-corrected chi connectivity index (χ1v) is 24.9. The number of unbranched alkanes of at least 4 members (excludes halogenated alkanes) is 1. The summed E-state index contributed by atoms with van der Waals surface area (Å²) in [6.07, 6.45) is 8.44. The van der Waals surface area contributed by atoms with Crippen molar-refractivity contribution < 1.29 is 76.0 Å². The van der Waals surface area contributed by atoms with Gasteiger partial charge in [-0.15, -0.1) is 0 Å². The van der Waals surface area contributed by atoms with Gasteiger partial charge in [0.15, 0.2) is 5.88 Å². The minimum atomic E-state index is -4.38. The molecule has 4 aliphatic rings. The summed E-state index contributed by atoms with van der Waals surface area (Å²) >= 11 is 14.1. The molecule has 16 nitrogen and oxygen atoms in total. The van der Waals surface area contributed by atoms with Gasteiger partial charge >= 0.3 is 29.6 Å². The molecule has 0 aromatic heterocycles. The van der Waals surface area contributed by atoms with E-state index in [-0.39, 0.29) is 87.3 Å². The van der Waals surface area contributed by atoms with E-state index < -0.39 is 26.1 Å². The Hall–Kier alpha value is -2.00. The summed E-state index contributed by atoms with van der Waals surface area (Å²) in [5, 5.41) is 2.97. The Balaban J connectivity index is 0. The molecule has 0 unspecified atom stereocenters. The number of carbonyl (C=O) groups excluding carboxylic acids is 3. The molecule has 0 saturated carbocycles. The number of nitrogens with zero attached hydrogens (tertiary/aromatic N) is 5. The summed E-state index contributed by atoms with van der Waals surface area (Å²) in [5.41, 5.74) is 1.33. The number of fused-ring (bicyclic) bond motifs is 1. The molecule has 24 heteroatoms. The first kappa shape index (κ1) is 60.0. The fourth-order valence-electron chi connectivity index (χ4n) is 5.57. The Labute approximate surface area is 415 Å². The van der Waals surface area contributed by atoms with Gasteiger partial charge in [0.2, 0.25) is 5.91 Å². The number of carbonyl (C=O) groups is 3. The molecule has 1 aromatic rings. The second kappa shape index (κ2) is 28.1. The van der Waals surface area contributed by atoms with Crippen LogP contribution in [-0.2, 0) is 34.6 Å². The van der Waals surface area contributed by atoms with Crippen molar-refractivity contribution in [1.29, 1.82) is 0 Å². The standard InChI is InChI=1S/C16H17N3O6S4.C14H18N2O4S3.C6H15N.2CH4.Na.H/c1-9(20)17-5-6-18-14(21)13(28-16(18)26)15-19(8-29(22,23)24)11-7-10(25-2)3-4-12(11)27-15;1-2-16-13(17)12(22-14(16)21)11-5-8-15(9-6-11)7-3-4-10-23(18,19)20;1-4-7(5-2)6-3;;;;/h3-4,7H,5-6,8H2,1-2H3,(H,17,20)(H,22,23,24);5-6,8-9H,2-4,7,10H2,1H3,(H,18,19,20);4-6H2,1-3H3;2*1H4;;/q;;;;;+1;-1/b15-13-;;;;;;. The van der Waals surface area contributed by atoms with E-state index in [0.29, 0.717) is 60.8 Å². The van der Waals surface area contributed by atoms with Crippen molar-refractivity contribution in [2.75, 3.05) is 69.5 Å². The minimum absolute atomic E-state index is 0. The van der Waals surface area contributed by atoms with Gasteiger partial charge in [-0.1, -0.05) is 95.3 Å². The number of thiocarbonyl (C=S) groups is 2. The second-order valence-electron chi connectivity index (χ2n) is 12.7. The van der Waals surface area contributed by atoms with Crippen LogP contribution in [0.5, 0.6) is 5.75 Å². The van der Waals surface area contributed by atoms with Gasteiger partial charge in [0.05, 0.1) is 23.5 Å². The molecule has 2 saturated heterocycles. The molecule has 4 heterocycles. The Bertz CT molecular complexity index is 2100. The van der Waals surface area contributed by atoms with Gasteiger partial charge in [0, 0.05) is 56.5 Å². The van der Waals surface area contributed by atoms with Crippen LogP contribution >= 0.6 is 59.7 Å². The molecule has 0 spiro atoms. The average Bonchev–Trinajstić information content (AvgIpc) is 3.78. The predicted octanol–water partition coefficient (Wildman–Crippen LogP) is 3.49. The number of likely N-dealkylation sites (N-methyl/N-ethyl adjacent to an activating group) is 1. The first-order chi connectivity index (χ1) is 27.8. The van der Waals surface area contributed by atoms with Gasteiger partial charge in [0.1, 0.15) is 24.3 Å². The molecule has 5 rings (SSSR count).